The van der Waals surface area contributed by atoms with Crippen molar-refractivity contribution in [1.82, 2.24) is 4.90 Å². The third-order valence-electron chi connectivity index (χ3n) is 4.04. The summed E-state index contributed by atoms with van der Waals surface area (Å²) in [6.07, 6.45) is 2.28. The summed E-state index contributed by atoms with van der Waals surface area (Å²) < 4.78 is 5.60. The number of hydrogen-bond donors (Lipinski definition) is 0. The van der Waals surface area contributed by atoms with E-state index >= 15 is 0 Å². The molecule has 0 saturated carbocycles. The highest BCUT2D eigenvalue weighted by molar-refractivity contribution is 5.23. The number of hydrogen-bond acceptors (Lipinski definition) is 2. The largest absolute Gasteiger partial charge is 0.368 e. The minimum atomic E-state index is 0.123. The van der Waals surface area contributed by atoms with Crippen LogP contribution in [0.2, 0.25) is 0 Å². The van der Waals surface area contributed by atoms with E-state index in [-0.39, 0.29) is 5.54 Å². The number of ether oxygens (including phenoxy) is 1. The molecule has 0 aliphatic carbocycles. The summed E-state index contributed by atoms with van der Waals surface area (Å²) in [6.45, 7) is 6.87. The van der Waals surface area contributed by atoms with Crippen molar-refractivity contribution in [2.24, 2.45) is 0 Å². The van der Waals surface area contributed by atoms with Crippen LogP contribution in [0.25, 0.3) is 0 Å². The van der Waals surface area contributed by atoms with E-state index in [4.69, 9.17) is 4.74 Å². The molecule has 2 unspecified atom stereocenters. The fourth-order valence-electron chi connectivity index (χ4n) is 2.72. The molecule has 0 bridgehead atoms. The minimum absolute atomic E-state index is 0.123. The lowest BCUT2D eigenvalue weighted by molar-refractivity contribution is 0.104. The summed E-state index contributed by atoms with van der Waals surface area (Å²) in [6, 6.07) is 10.8. The lowest BCUT2D eigenvalue weighted by atomic mass is 9.90. The predicted octanol–water partition coefficient (Wildman–Crippen LogP) is 2.39. The summed E-state index contributed by atoms with van der Waals surface area (Å²) >= 11 is 0. The van der Waals surface area contributed by atoms with Crippen molar-refractivity contribution in [3.05, 3.63) is 35.9 Å². The molecule has 0 radical (unpaired) electrons. The molecular weight excluding hydrogens is 198 g/mol. The van der Waals surface area contributed by atoms with E-state index in [9.17, 15) is 0 Å². The Labute approximate surface area is 97.2 Å². The summed E-state index contributed by atoms with van der Waals surface area (Å²) in [5.74, 6) is 0. The van der Waals surface area contributed by atoms with Gasteiger partial charge in [-0.3, -0.25) is 4.90 Å². The fraction of sp³-hybridized carbons (Fsp3) is 0.571. The Morgan fingerprint density at radius 3 is 2.62 bits per heavy atom. The molecule has 2 aliphatic rings. The smallest absolute Gasteiger partial charge is 0.0969 e. The number of fused-ring (bicyclic) bond motifs is 1. The van der Waals surface area contributed by atoms with Gasteiger partial charge in [0.2, 0.25) is 0 Å². The maximum absolute atomic E-state index is 5.60. The number of benzene rings is 1. The van der Waals surface area contributed by atoms with Gasteiger partial charge in [-0.1, -0.05) is 30.3 Å². The molecule has 2 nitrogen and oxygen atoms in total. The van der Waals surface area contributed by atoms with Crippen LogP contribution < -0.4 is 0 Å². The second-order valence-electron chi connectivity index (χ2n) is 5.37. The van der Waals surface area contributed by atoms with Crippen LogP contribution in [0.1, 0.15) is 25.8 Å². The Morgan fingerprint density at radius 1 is 1.19 bits per heavy atom. The molecule has 0 N–H and O–H groups in total. The average Bonchev–Trinajstić information content (AvgIpc) is 3.08. The van der Waals surface area contributed by atoms with Crippen LogP contribution in [0.4, 0.5) is 0 Å². The van der Waals surface area contributed by atoms with E-state index in [0.717, 1.165) is 13.1 Å². The van der Waals surface area contributed by atoms with Crippen LogP contribution in [0.15, 0.2) is 30.3 Å². The van der Waals surface area contributed by atoms with Crippen LogP contribution in [0.5, 0.6) is 0 Å². The standard InChI is InChI=1S/C14H19NO/c1-14(2,11-6-4-3-5-7-11)15-9-8-12-13(10-15)16-12/h3-7,12-13H,8-10H2,1-2H3. The average molecular weight is 217 g/mol. The molecule has 0 spiro atoms. The highest BCUT2D eigenvalue weighted by atomic mass is 16.6. The highest BCUT2D eigenvalue weighted by Crippen LogP contribution is 2.37. The molecule has 0 aromatic heterocycles. The van der Waals surface area contributed by atoms with Crippen molar-refractivity contribution in [2.75, 3.05) is 13.1 Å². The van der Waals surface area contributed by atoms with E-state index in [2.05, 4.69) is 49.1 Å². The molecule has 16 heavy (non-hydrogen) atoms. The van der Waals surface area contributed by atoms with Gasteiger partial charge in [0.1, 0.15) is 0 Å². The van der Waals surface area contributed by atoms with Gasteiger partial charge < -0.3 is 4.74 Å². The second kappa shape index (κ2) is 3.57. The molecule has 1 aromatic rings. The molecule has 86 valence electrons. The van der Waals surface area contributed by atoms with E-state index in [0.29, 0.717) is 12.2 Å². The first-order chi connectivity index (χ1) is 7.68. The summed E-state index contributed by atoms with van der Waals surface area (Å²) in [5, 5.41) is 0. The van der Waals surface area contributed by atoms with Crippen molar-refractivity contribution < 1.29 is 4.74 Å². The van der Waals surface area contributed by atoms with Crippen LogP contribution in [-0.2, 0) is 10.3 Å². The SMILES string of the molecule is CC(C)(c1ccccc1)N1CCC2OC2C1. The zero-order valence-electron chi connectivity index (χ0n) is 10.0. The van der Waals surface area contributed by atoms with Crippen molar-refractivity contribution >= 4 is 0 Å². The monoisotopic (exact) mass is 217 g/mol. The Morgan fingerprint density at radius 2 is 1.94 bits per heavy atom. The zero-order chi connectivity index (χ0) is 11.2. The van der Waals surface area contributed by atoms with E-state index in [1.807, 2.05) is 0 Å². The maximum atomic E-state index is 5.60. The van der Waals surface area contributed by atoms with Gasteiger partial charge in [0.05, 0.1) is 12.2 Å². The van der Waals surface area contributed by atoms with Gasteiger partial charge in [-0.2, -0.15) is 0 Å². The summed E-state index contributed by atoms with van der Waals surface area (Å²) in [5.41, 5.74) is 1.52. The van der Waals surface area contributed by atoms with Crippen molar-refractivity contribution in [3.63, 3.8) is 0 Å². The van der Waals surface area contributed by atoms with Crippen molar-refractivity contribution in [2.45, 2.75) is 38.0 Å². The molecule has 2 heteroatoms. The number of nitrogens with zero attached hydrogens (tertiary/aromatic N) is 1. The van der Waals surface area contributed by atoms with Crippen LogP contribution in [-0.4, -0.2) is 30.2 Å². The number of rotatable bonds is 2. The first-order valence-corrected chi connectivity index (χ1v) is 6.14. The molecule has 0 amide bonds. The molecule has 2 aliphatic heterocycles. The van der Waals surface area contributed by atoms with E-state index in [1.165, 1.54) is 12.0 Å². The number of epoxide rings is 1. The molecule has 2 saturated heterocycles. The van der Waals surface area contributed by atoms with E-state index in [1.54, 1.807) is 0 Å². The van der Waals surface area contributed by atoms with Crippen molar-refractivity contribution in [1.29, 1.82) is 0 Å². The molecule has 2 fully saturated rings. The van der Waals surface area contributed by atoms with E-state index < -0.39 is 0 Å². The predicted molar refractivity (Wildman–Crippen MR) is 64.3 cm³/mol. The first-order valence-electron chi connectivity index (χ1n) is 6.14. The normalized spacial score (nSPS) is 29.9. The molecular formula is C14H19NO. The summed E-state index contributed by atoms with van der Waals surface area (Å²) in [4.78, 5) is 2.55. The third kappa shape index (κ3) is 1.66. The first kappa shape index (κ1) is 10.3. The molecule has 2 atom stereocenters. The quantitative estimate of drug-likeness (QED) is 0.707. The fourth-order valence-corrected chi connectivity index (χ4v) is 2.72. The van der Waals surface area contributed by atoms with Gasteiger partial charge in [0, 0.05) is 18.6 Å². The zero-order valence-corrected chi connectivity index (χ0v) is 10.0. The van der Waals surface area contributed by atoms with Crippen LogP contribution in [0.3, 0.4) is 0 Å². The van der Waals surface area contributed by atoms with Gasteiger partial charge >= 0.3 is 0 Å². The Bertz CT molecular complexity index is 374. The van der Waals surface area contributed by atoms with Gasteiger partial charge in [-0.05, 0) is 25.8 Å². The van der Waals surface area contributed by atoms with Gasteiger partial charge in [-0.25, -0.2) is 0 Å². The van der Waals surface area contributed by atoms with Crippen LogP contribution >= 0.6 is 0 Å². The lowest BCUT2D eigenvalue weighted by Crippen LogP contribution is -2.46. The topological polar surface area (TPSA) is 15.8 Å². The lowest BCUT2D eigenvalue weighted by Gasteiger charge is -2.40. The Hall–Kier alpha value is -0.860. The number of likely N-dealkylation sites (tertiary alicyclic amines) is 1. The minimum Gasteiger partial charge on any atom is -0.368 e. The van der Waals surface area contributed by atoms with Gasteiger partial charge in [0.25, 0.3) is 0 Å². The van der Waals surface area contributed by atoms with Crippen molar-refractivity contribution in [3.8, 4) is 0 Å². The third-order valence-corrected chi connectivity index (χ3v) is 4.04. The van der Waals surface area contributed by atoms with Gasteiger partial charge in [0.15, 0.2) is 0 Å². The van der Waals surface area contributed by atoms with Crippen LogP contribution in [0, 0.1) is 0 Å². The number of piperidine rings is 1. The molecule has 1 aromatic carbocycles. The second-order valence-corrected chi connectivity index (χ2v) is 5.37. The van der Waals surface area contributed by atoms with Gasteiger partial charge in [-0.15, -0.1) is 0 Å². The Kier molecular flexibility index (Phi) is 2.30. The molecule has 3 rings (SSSR count). The maximum Gasteiger partial charge on any atom is 0.0969 e. The summed E-state index contributed by atoms with van der Waals surface area (Å²) in [7, 11) is 0. The highest BCUT2D eigenvalue weighted by Gasteiger charge is 2.46. The molecule has 2 heterocycles. The Balaban J connectivity index is 1.81.